The molecule has 0 aliphatic carbocycles. The van der Waals surface area contributed by atoms with E-state index in [0.717, 1.165) is 10.9 Å². The second-order valence-electron chi connectivity index (χ2n) is 7.53. The number of hydrogen-bond donors (Lipinski definition) is 1. The number of ether oxygens (including phenoxy) is 2. The SMILES string of the molecule is COc1cc2cc(C3CC(c4ccccc4)=NN3C(=O)CCC(=O)O)c(Cl)nc2cc1OC. The van der Waals surface area contributed by atoms with Gasteiger partial charge in [-0.3, -0.25) is 9.59 Å². The molecular weight excluding hydrogens is 446 g/mol. The van der Waals surface area contributed by atoms with E-state index in [1.165, 1.54) is 5.01 Å². The summed E-state index contributed by atoms with van der Waals surface area (Å²) in [5, 5.41) is 15.9. The Bertz CT molecular complexity index is 1250. The monoisotopic (exact) mass is 467 g/mol. The molecule has 2 aromatic carbocycles. The number of carbonyl (C=O) groups excluding carboxylic acids is 1. The van der Waals surface area contributed by atoms with E-state index in [-0.39, 0.29) is 18.0 Å². The van der Waals surface area contributed by atoms with Gasteiger partial charge in [0.05, 0.1) is 37.9 Å². The molecule has 1 aliphatic rings. The number of aliphatic carboxylic acids is 1. The van der Waals surface area contributed by atoms with Crippen LogP contribution in [0.3, 0.4) is 0 Å². The number of amides is 1. The molecular formula is C24H22ClN3O5. The van der Waals surface area contributed by atoms with Crippen molar-refractivity contribution in [1.29, 1.82) is 0 Å². The second kappa shape index (κ2) is 9.46. The molecule has 1 amide bonds. The third kappa shape index (κ3) is 4.61. The van der Waals surface area contributed by atoms with Crippen LogP contribution in [0, 0.1) is 0 Å². The average molecular weight is 468 g/mol. The maximum Gasteiger partial charge on any atom is 0.303 e. The molecule has 0 fully saturated rings. The van der Waals surface area contributed by atoms with Crippen molar-refractivity contribution in [1.82, 2.24) is 9.99 Å². The number of aromatic nitrogens is 1. The van der Waals surface area contributed by atoms with Crippen LogP contribution >= 0.6 is 11.6 Å². The third-order valence-electron chi connectivity index (χ3n) is 5.49. The summed E-state index contributed by atoms with van der Waals surface area (Å²) >= 11 is 6.58. The Morgan fingerprint density at radius 2 is 1.79 bits per heavy atom. The number of fused-ring (bicyclic) bond motifs is 1. The van der Waals surface area contributed by atoms with E-state index in [9.17, 15) is 9.59 Å². The number of carboxylic acids is 1. The van der Waals surface area contributed by atoms with Gasteiger partial charge >= 0.3 is 5.97 Å². The number of rotatable bonds is 7. The normalized spacial score (nSPS) is 15.4. The first-order valence-corrected chi connectivity index (χ1v) is 10.7. The first kappa shape index (κ1) is 22.5. The number of pyridine rings is 1. The summed E-state index contributed by atoms with van der Waals surface area (Å²) in [4.78, 5) is 28.5. The zero-order valence-electron chi connectivity index (χ0n) is 18.1. The largest absolute Gasteiger partial charge is 0.493 e. The van der Waals surface area contributed by atoms with Crippen LogP contribution in [-0.2, 0) is 9.59 Å². The molecule has 8 nitrogen and oxygen atoms in total. The van der Waals surface area contributed by atoms with Crippen molar-refractivity contribution in [2.75, 3.05) is 14.2 Å². The van der Waals surface area contributed by atoms with Gasteiger partial charge in [0.2, 0.25) is 5.91 Å². The first-order chi connectivity index (χ1) is 15.9. The van der Waals surface area contributed by atoms with Gasteiger partial charge in [-0.25, -0.2) is 9.99 Å². The molecule has 1 N–H and O–H groups in total. The van der Waals surface area contributed by atoms with Crippen molar-refractivity contribution in [3.63, 3.8) is 0 Å². The van der Waals surface area contributed by atoms with E-state index in [1.807, 2.05) is 36.4 Å². The zero-order valence-corrected chi connectivity index (χ0v) is 18.9. The van der Waals surface area contributed by atoms with Gasteiger partial charge in [0.1, 0.15) is 5.15 Å². The van der Waals surface area contributed by atoms with Crippen LogP contribution in [0.25, 0.3) is 10.9 Å². The van der Waals surface area contributed by atoms with Crippen molar-refractivity contribution in [3.8, 4) is 11.5 Å². The average Bonchev–Trinajstić information content (AvgIpc) is 3.27. The van der Waals surface area contributed by atoms with E-state index in [2.05, 4.69) is 10.1 Å². The Hall–Kier alpha value is -3.65. The summed E-state index contributed by atoms with van der Waals surface area (Å²) in [6.45, 7) is 0. The lowest BCUT2D eigenvalue weighted by molar-refractivity contribution is -0.141. The lowest BCUT2D eigenvalue weighted by atomic mass is 9.98. The van der Waals surface area contributed by atoms with E-state index in [4.69, 9.17) is 26.2 Å². The molecule has 2 heterocycles. The number of carbonyl (C=O) groups is 2. The number of halogens is 1. The minimum atomic E-state index is -1.04. The highest BCUT2D eigenvalue weighted by molar-refractivity contribution is 6.30. The summed E-state index contributed by atoms with van der Waals surface area (Å²) in [5.41, 5.74) is 2.84. The minimum absolute atomic E-state index is 0.166. The molecule has 33 heavy (non-hydrogen) atoms. The van der Waals surface area contributed by atoms with Crippen molar-refractivity contribution in [3.05, 3.63) is 64.8 Å². The number of hydrogen-bond acceptors (Lipinski definition) is 6. The Morgan fingerprint density at radius 3 is 2.45 bits per heavy atom. The molecule has 1 unspecified atom stereocenters. The smallest absolute Gasteiger partial charge is 0.303 e. The van der Waals surface area contributed by atoms with Gasteiger partial charge in [-0.05, 0) is 17.7 Å². The highest BCUT2D eigenvalue weighted by Crippen LogP contribution is 2.39. The predicted octanol–water partition coefficient (Wildman–Crippen LogP) is 4.45. The summed E-state index contributed by atoms with van der Waals surface area (Å²) in [7, 11) is 3.09. The second-order valence-corrected chi connectivity index (χ2v) is 7.89. The number of benzene rings is 2. The van der Waals surface area contributed by atoms with Crippen LogP contribution in [0.2, 0.25) is 5.15 Å². The standard InChI is InChI=1S/C24H22ClN3O5/c1-32-20-11-15-10-16(24(25)26-17(15)13-21(20)33-2)19-12-18(14-6-4-3-5-7-14)27-28(19)22(29)8-9-23(30)31/h3-7,10-11,13,19H,8-9,12H2,1-2H3,(H,30,31). The van der Waals surface area contributed by atoms with Gasteiger partial charge in [-0.2, -0.15) is 5.10 Å². The summed E-state index contributed by atoms with van der Waals surface area (Å²) < 4.78 is 10.7. The van der Waals surface area contributed by atoms with Gasteiger partial charge in [0.25, 0.3) is 0 Å². The van der Waals surface area contributed by atoms with Gasteiger partial charge in [-0.1, -0.05) is 41.9 Å². The van der Waals surface area contributed by atoms with Crippen LogP contribution in [-0.4, -0.2) is 46.9 Å². The highest BCUT2D eigenvalue weighted by Gasteiger charge is 2.35. The Kier molecular flexibility index (Phi) is 6.46. The fourth-order valence-electron chi connectivity index (χ4n) is 3.84. The highest BCUT2D eigenvalue weighted by atomic mass is 35.5. The third-order valence-corrected chi connectivity index (χ3v) is 5.79. The van der Waals surface area contributed by atoms with Crippen LogP contribution in [0.15, 0.2) is 53.6 Å². The number of nitrogens with zero attached hydrogens (tertiary/aromatic N) is 3. The van der Waals surface area contributed by atoms with E-state index in [1.54, 1.807) is 26.4 Å². The summed E-state index contributed by atoms with van der Waals surface area (Å²) in [6, 6.07) is 14.4. The van der Waals surface area contributed by atoms with Crippen LogP contribution in [0.5, 0.6) is 11.5 Å². The van der Waals surface area contributed by atoms with Gasteiger partial charge < -0.3 is 14.6 Å². The molecule has 3 aromatic rings. The molecule has 0 saturated heterocycles. The van der Waals surface area contributed by atoms with Crippen molar-refractivity contribution < 1.29 is 24.2 Å². The van der Waals surface area contributed by atoms with E-state index >= 15 is 0 Å². The minimum Gasteiger partial charge on any atom is -0.493 e. The van der Waals surface area contributed by atoms with Crippen LogP contribution in [0.4, 0.5) is 0 Å². The van der Waals surface area contributed by atoms with Crippen molar-refractivity contribution in [2.24, 2.45) is 5.10 Å². The van der Waals surface area contributed by atoms with Crippen LogP contribution in [0.1, 0.15) is 36.4 Å². The van der Waals surface area contributed by atoms with E-state index in [0.29, 0.717) is 34.7 Å². The topological polar surface area (TPSA) is 101 Å². The molecule has 0 spiro atoms. The molecule has 9 heteroatoms. The summed E-state index contributed by atoms with van der Waals surface area (Å²) in [5.74, 6) is -0.362. The molecule has 1 aliphatic heterocycles. The van der Waals surface area contributed by atoms with Crippen LogP contribution < -0.4 is 9.47 Å². The first-order valence-electron chi connectivity index (χ1n) is 10.3. The van der Waals surface area contributed by atoms with Gasteiger partial charge in [0.15, 0.2) is 11.5 Å². The van der Waals surface area contributed by atoms with Gasteiger partial charge in [-0.15, -0.1) is 0 Å². The Balaban J connectivity index is 1.76. The molecule has 0 radical (unpaired) electrons. The van der Waals surface area contributed by atoms with E-state index < -0.39 is 17.9 Å². The molecule has 170 valence electrons. The number of hydrazone groups is 1. The molecule has 4 rings (SSSR count). The maximum absolute atomic E-state index is 12.9. The predicted molar refractivity (Wildman–Crippen MR) is 124 cm³/mol. The Labute approximate surface area is 195 Å². The zero-order chi connectivity index (χ0) is 23.5. The molecule has 0 bridgehead atoms. The quantitative estimate of drug-likeness (QED) is 0.515. The number of methoxy groups -OCH3 is 2. The Morgan fingerprint density at radius 1 is 1.09 bits per heavy atom. The van der Waals surface area contributed by atoms with Crippen molar-refractivity contribution >= 4 is 40.1 Å². The fourth-order valence-corrected chi connectivity index (χ4v) is 4.12. The fraction of sp³-hybridized carbons (Fsp3) is 0.250. The lowest BCUT2D eigenvalue weighted by Gasteiger charge is -2.23. The van der Waals surface area contributed by atoms with Gasteiger partial charge in [0, 0.05) is 29.9 Å². The number of carboxylic acid groups (broad SMARTS) is 1. The molecule has 1 aromatic heterocycles. The summed E-state index contributed by atoms with van der Waals surface area (Å²) in [6.07, 6.45) is -0.0248. The maximum atomic E-state index is 12.9. The molecule has 0 saturated carbocycles. The van der Waals surface area contributed by atoms with Crippen molar-refractivity contribution in [2.45, 2.75) is 25.3 Å². The lowest BCUT2D eigenvalue weighted by Crippen LogP contribution is -2.27. The molecule has 1 atom stereocenters.